The van der Waals surface area contributed by atoms with Crippen LogP contribution in [0.15, 0.2) is 66.7 Å². The summed E-state index contributed by atoms with van der Waals surface area (Å²) in [5.74, 6) is 3.06. The molecule has 2 heterocycles. The van der Waals surface area contributed by atoms with Gasteiger partial charge in [0.1, 0.15) is 29.6 Å². The summed E-state index contributed by atoms with van der Waals surface area (Å²) in [4.78, 5) is 2.35. The number of hydrogen-bond donors (Lipinski definition) is 2. The highest BCUT2D eigenvalue weighted by Crippen LogP contribution is 2.35. The van der Waals surface area contributed by atoms with E-state index >= 15 is 0 Å². The lowest BCUT2D eigenvalue weighted by atomic mass is 9.85. The largest absolute Gasteiger partial charge is 0.494 e. The lowest BCUT2D eigenvalue weighted by molar-refractivity contribution is -0.0328. The molecule has 2 N–H and O–H groups in total. The van der Waals surface area contributed by atoms with E-state index in [1.807, 2.05) is 61.5 Å². The summed E-state index contributed by atoms with van der Waals surface area (Å²) in [6.07, 6.45) is 0.241. The Morgan fingerprint density at radius 2 is 1.73 bits per heavy atom. The first-order valence-electron chi connectivity index (χ1n) is 14.1. The van der Waals surface area contributed by atoms with Crippen molar-refractivity contribution in [3.05, 3.63) is 77.9 Å². The number of aliphatic hydroxyl groups is 1. The van der Waals surface area contributed by atoms with Gasteiger partial charge in [0.25, 0.3) is 0 Å². The molecule has 0 spiro atoms. The molecule has 1 fully saturated rings. The topological polar surface area (TPSA) is 81.7 Å². The number of nitrogens with zero attached hydrogens (tertiary/aromatic N) is 1. The molecule has 3 aromatic rings. The summed E-state index contributed by atoms with van der Waals surface area (Å²) >= 11 is 0. The number of rotatable bonds is 12. The third kappa shape index (κ3) is 7.06. The Hall–Kier alpha value is -3.30. The monoisotopic (exact) mass is 548 g/mol. The summed E-state index contributed by atoms with van der Waals surface area (Å²) in [6, 6.07) is 21.8. The number of hydrogen-bond acceptors (Lipinski definition) is 8. The molecule has 1 saturated heterocycles. The maximum absolute atomic E-state index is 10.9. The second-order valence-corrected chi connectivity index (χ2v) is 10.2. The molecule has 0 aliphatic carbocycles. The minimum atomic E-state index is -0.551. The fraction of sp³-hybridized carbons (Fsp3) is 0.438. The van der Waals surface area contributed by atoms with Crippen LogP contribution in [0.1, 0.15) is 30.4 Å². The number of aliphatic hydroxyl groups excluding tert-OH is 1. The number of nitrogens with one attached hydrogen (secondary N) is 1. The van der Waals surface area contributed by atoms with Crippen molar-refractivity contribution in [3.8, 4) is 23.0 Å². The quantitative estimate of drug-likeness (QED) is 0.314. The number of β-amino-alcohol motifs (C(OH)–C–C–N with tert-alkyl or cyclic N) is 1. The molecule has 2 aliphatic rings. The molecule has 0 amide bonds. The van der Waals surface area contributed by atoms with E-state index in [0.717, 1.165) is 65.9 Å². The van der Waals surface area contributed by atoms with Crippen molar-refractivity contribution in [2.45, 2.75) is 38.1 Å². The number of methoxy groups -OCH3 is 1. The van der Waals surface area contributed by atoms with Crippen molar-refractivity contribution >= 4 is 5.69 Å². The Kier molecular flexibility index (Phi) is 9.78. The molecule has 0 radical (unpaired) electrons. The molecule has 0 saturated carbocycles. The van der Waals surface area contributed by atoms with Crippen molar-refractivity contribution in [1.29, 1.82) is 0 Å². The molecular formula is C32H40N2O6. The highest BCUT2D eigenvalue weighted by molar-refractivity contribution is 5.61. The normalized spacial score (nSPS) is 20.5. The van der Waals surface area contributed by atoms with Crippen LogP contribution in [0, 0.1) is 0 Å². The number of anilines is 1. The summed E-state index contributed by atoms with van der Waals surface area (Å²) in [5, 5.41) is 14.3. The molecule has 3 atom stereocenters. The van der Waals surface area contributed by atoms with Gasteiger partial charge in [-0.25, -0.2) is 0 Å². The van der Waals surface area contributed by atoms with Gasteiger partial charge in [-0.15, -0.1) is 0 Å². The number of benzene rings is 3. The van der Waals surface area contributed by atoms with Gasteiger partial charge in [0.2, 0.25) is 0 Å². The van der Waals surface area contributed by atoms with Crippen LogP contribution in [0.25, 0.3) is 0 Å². The zero-order valence-electron chi connectivity index (χ0n) is 23.4. The fourth-order valence-electron chi connectivity index (χ4n) is 5.38. The van der Waals surface area contributed by atoms with E-state index in [-0.39, 0.29) is 12.0 Å². The predicted octanol–water partition coefficient (Wildman–Crippen LogP) is 4.75. The molecule has 0 bridgehead atoms. The van der Waals surface area contributed by atoms with Crippen LogP contribution < -0.4 is 24.4 Å². The molecule has 3 aromatic carbocycles. The predicted molar refractivity (Wildman–Crippen MR) is 155 cm³/mol. The third-order valence-electron chi connectivity index (χ3n) is 7.37. The van der Waals surface area contributed by atoms with Crippen LogP contribution in [-0.2, 0) is 16.1 Å². The summed E-state index contributed by atoms with van der Waals surface area (Å²) < 4.78 is 29.1. The lowest BCUT2D eigenvalue weighted by Gasteiger charge is -2.36. The average molecular weight is 549 g/mol. The summed E-state index contributed by atoms with van der Waals surface area (Å²) in [7, 11) is 1.73. The first-order chi connectivity index (χ1) is 19.6. The molecule has 2 aliphatic heterocycles. The van der Waals surface area contributed by atoms with E-state index in [1.54, 1.807) is 7.11 Å². The van der Waals surface area contributed by atoms with Gasteiger partial charge in [0.05, 0.1) is 37.7 Å². The van der Waals surface area contributed by atoms with E-state index in [4.69, 9.17) is 23.7 Å². The smallest absolute Gasteiger partial charge is 0.142 e. The molecule has 214 valence electrons. The molecule has 0 aromatic heterocycles. The first-order valence-corrected chi connectivity index (χ1v) is 14.1. The summed E-state index contributed by atoms with van der Waals surface area (Å²) in [5.41, 5.74) is 3.21. The van der Waals surface area contributed by atoms with E-state index < -0.39 is 6.10 Å². The molecule has 8 heteroatoms. The molecule has 8 nitrogen and oxygen atoms in total. The number of piperidine rings is 1. The van der Waals surface area contributed by atoms with Crippen LogP contribution in [-0.4, -0.2) is 70.4 Å². The minimum absolute atomic E-state index is 0.146. The van der Waals surface area contributed by atoms with Gasteiger partial charge >= 0.3 is 0 Å². The maximum Gasteiger partial charge on any atom is 0.142 e. The zero-order chi connectivity index (χ0) is 27.7. The van der Waals surface area contributed by atoms with Gasteiger partial charge < -0.3 is 39.0 Å². The third-order valence-corrected chi connectivity index (χ3v) is 7.37. The van der Waals surface area contributed by atoms with E-state index in [1.165, 1.54) is 0 Å². The van der Waals surface area contributed by atoms with Crippen molar-refractivity contribution in [2.75, 3.05) is 58.0 Å². The van der Waals surface area contributed by atoms with Gasteiger partial charge in [-0.2, -0.15) is 0 Å². The molecule has 5 rings (SSSR count). The Bertz CT molecular complexity index is 1200. The molecular weight excluding hydrogens is 508 g/mol. The number of ether oxygens (including phenoxy) is 5. The Morgan fingerprint density at radius 1 is 0.975 bits per heavy atom. The van der Waals surface area contributed by atoms with Crippen LogP contribution in [0.4, 0.5) is 5.69 Å². The lowest BCUT2D eigenvalue weighted by Crippen LogP contribution is -2.49. The van der Waals surface area contributed by atoms with Gasteiger partial charge in [-0.3, -0.25) is 0 Å². The van der Waals surface area contributed by atoms with Crippen LogP contribution in [0.5, 0.6) is 23.0 Å². The van der Waals surface area contributed by atoms with Gasteiger partial charge in [-0.1, -0.05) is 18.2 Å². The standard InChI is InChI=1S/C32H40N2O6/c1-3-37-25-10-12-27(13-11-25)40-26-8-6-24(7-9-26)32-29(35)20-33-21-31(32)39-22-23-5-14-30-28(19-23)34(16-18-38-30)15-4-17-36-2/h5-14,19,29,31-33,35H,3-4,15-18,20-22H2,1-2H3. The van der Waals surface area contributed by atoms with Crippen LogP contribution >= 0.6 is 0 Å². The van der Waals surface area contributed by atoms with E-state index in [2.05, 4.69) is 22.3 Å². The highest BCUT2D eigenvalue weighted by atomic mass is 16.5. The SMILES string of the molecule is CCOc1ccc(Oc2ccc(C3C(O)CNCC3OCc3ccc4c(c3)N(CCCOC)CCO4)cc2)cc1. The highest BCUT2D eigenvalue weighted by Gasteiger charge is 2.34. The second kappa shape index (κ2) is 13.9. The van der Waals surface area contributed by atoms with Crippen molar-refractivity contribution in [2.24, 2.45) is 0 Å². The van der Waals surface area contributed by atoms with E-state index in [9.17, 15) is 5.11 Å². The van der Waals surface area contributed by atoms with Gasteiger partial charge in [0, 0.05) is 39.3 Å². The Labute approximate surface area is 236 Å². The maximum atomic E-state index is 10.9. The molecule has 3 unspecified atom stereocenters. The van der Waals surface area contributed by atoms with E-state index in [0.29, 0.717) is 32.9 Å². The van der Waals surface area contributed by atoms with Gasteiger partial charge in [0.15, 0.2) is 0 Å². The first kappa shape index (κ1) is 28.2. The van der Waals surface area contributed by atoms with Crippen molar-refractivity contribution in [3.63, 3.8) is 0 Å². The van der Waals surface area contributed by atoms with Gasteiger partial charge in [-0.05, 0) is 73.0 Å². The molecule has 40 heavy (non-hydrogen) atoms. The van der Waals surface area contributed by atoms with Crippen molar-refractivity contribution in [1.82, 2.24) is 5.32 Å². The Balaban J connectivity index is 1.23. The van der Waals surface area contributed by atoms with Crippen LogP contribution in [0.3, 0.4) is 0 Å². The Morgan fingerprint density at radius 3 is 2.48 bits per heavy atom. The second-order valence-electron chi connectivity index (χ2n) is 10.2. The minimum Gasteiger partial charge on any atom is -0.494 e. The fourth-order valence-corrected chi connectivity index (χ4v) is 5.38. The zero-order valence-corrected chi connectivity index (χ0v) is 23.4. The summed E-state index contributed by atoms with van der Waals surface area (Å²) in [6.45, 7) is 7.46. The van der Waals surface area contributed by atoms with Crippen molar-refractivity contribution < 1.29 is 28.8 Å². The number of fused-ring (bicyclic) bond motifs is 1. The average Bonchev–Trinajstić information content (AvgIpc) is 2.98. The van der Waals surface area contributed by atoms with Crippen LogP contribution in [0.2, 0.25) is 0 Å².